The second-order valence-electron chi connectivity index (χ2n) is 11.3. The van der Waals surface area contributed by atoms with Gasteiger partial charge in [0.25, 0.3) is 0 Å². The molecular weight excluding hydrogens is 432 g/mol. The summed E-state index contributed by atoms with van der Waals surface area (Å²) in [4.78, 5) is 0. The number of hydrogen-bond donors (Lipinski definition) is 1. The molecule has 0 unspecified atom stereocenters. The minimum absolute atomic E-state index is 0.0607. The maximum absolute atomic E-state index is 11.1. The Balaban J connectivity index is 2.02. The van der Waals surface area contributed by atoms with Crippen molar-refractivity contribution in [3.8, 4) is 5.75 Å². The Bertz CT molecular complexity index is 768. The maximum Gasteiger partial charge on any atom is 0.192 e. The molecule has 0 aliphatic carbocycles. The topological polar surface area (TPSA) is 57.2 Å². The number of ether oxygens (including phenoxy) is 3. The van der Waals surface area contributed by atoms with Crippen molar-refractivity contribution in [3.63, 3.8) is 0 Å². The molecule has 6 atom stereocenters. The summed E-state index contributed by atoms with van der Waals surface area (Å²) in [5.41, 5.74) is 1.93. The van der Waals surface area contributed by atoms with Gasteiger partial charge in [-0.05, 0) is 48.7 Å². The molecule has 1 saturated heterocycles. The van der Waals surface area contributed by atoms with Crippen molar-refractivity contribution in [2.24, 2.45) is 17.8 Å². The van der Waals surface area contributed by atoms with Crippen molar-refractivity contribution in [3.05, 3.63) is 41.5 Å². The lowest BCUT2D eigenvalue weighted by Gasteiger charge is -2.40. The van der Waals surface area contributed by atoms with E-state index in [1.54, 1.807) is 7.11 Å². The Hall–Kier alpha value is -1.18. The molecule has 1 N–H and O–H groups in total. The van der Waals surface area contributed by atoms with Gasteiger partial charge in [-0.2, -0.15) is 0 Å². The van der Waals surface area contributed by atoms with Gasteiger partial charge < -0.3 is 23.7 Å². The highest BCUT2D eigenvalue weighted by Crippen LogP contribution is 2.37. The van der Waals surface area contributed by atoms with Crippen LogP contribution in [0.1, 0.15) is 60.3 Å². The normalized spacial score (nSPS) is 25.4. The van der Waals surface area contributed by atoms with Gasteiger partial charge >= 0.3 is 0 Å². The van der Waals surface area contributed by atoms with Crippen molar-refractivity contribution in [1.29, 1.82) is 0 Å². The maximum atomic E-state index is 11.1. The number of methoxy groups -OCH3 is 1. The second kappa shape index (κ2) is 11.5. The molecule has 2 rings (SSSR count). The lowest BCUT2D eigenvalue weighted by Crippen LogP contribution is -2.43. The Morgan fingerprint density at radius 1 is 1.21 bits per heavy atom. The summed E-state index contributed by atoms with van der Waals surface area (Å²) in [7, 11) is -0.131. The largest absolute Gasteiger partial charge is 0.497 e. The van der Waals surface area contributed by atoms with E-state index in [0.717, 1.165) is 16.9 Å². The highest BCUT2D eigenvalue weighted by atomic mass is 28.4. The number of hydrogen-bond acceptors (Lipinski definition) is 5. The Morgan fingerprint density at radius 3 is 2.36 bits per heavy atom. The predicted molar refractivity (Wildman–Crippen MR) is 137 cm³/mol. The van der Waals surface area contributed by atoms with E-state index in [4.69, 9.17) is 18.6 Å². The van der Waals surface area contributed by atoms with Gasteiger partial charge in [0, 0.05) is 24.0 Å². The van der Waals surface area contributed by atoms with Gasteiger partial charge in [-0.15, -0.1) is 0 Å². The van der Waals surface area contributed by atoms with Crippen LogP contribution in [-0.2, 0) is 13.9 Å². The first-order chi connectivity index (χ1) is 15.3. The molecule has 0 radical (unpaired) electrons. The molecule has 0 saturated carbocycles. The molecular formula is C27H46O5Si. The molecule has 0 bridgehead atoms. The lowest BCUT2D eigenvalue weighted by atomic mass is 9.85. The van der Waals surface area contributed by atoms with Crippen LogP contribution in [0.3, 0.4) is 0 Å². The van der Waals surface area contributed by atoms with Gasteiger partial charge in [0.05, 0.1) is 25.9 Å². The van der Waals surface area contributed by atoms with Gasteiger partial charge in [0.15, 0.2) is 14.6 Å². The number of aliphatic hydroxyl groups is 1. The molecule has 1 fully saturated rings. The summed E-state index contributed by atoms with van der Waals surface area (Å²) in [5, 5.41) is 11.3. The van der Waals surface area contributed by atoms with Crippen LogP contribution in [0.5, 0.6) is 5.75 Å². The van der Waals surface area contributed by atoms with Crippen molar-refractivity contribution in [2.45, 2.75) is 85.1 Å². The molecule has 1 aliphatic rings. The molecule has 1 aliphatic heterocycles. The molecule has 1 heterocycles. The van der Waals surface area contributed by atoms with Crippen molar-refractivity contribution < 1.29 is 23.7 Å². The van der Waals surface area contributed by atoms with Crippen LogP contribution in [0.25, 0.3) is 0 Å². The zero-order chi connectivity index (χ0) is 25.0. The molecule has 188 valence electrons. The van der Waals surface area contributed by atoms with Crippen LogP contribution in [0.4, 0.5) is 0 Å². The number of rotatable bonds is 9. The minimum Gasteiger partial charge on any atom is -0.497 e. The van der Waals surface area contributed by atoms with Crippen LogP contribution >= 0.6 is 0 Å². The highest BCUT2D eigenvalue weighted by molar-refractivity contribution is 6.74. The van der Waals surface area contributed by atoms with Gasteiger partial charge in [-0.1, -0.05) is 59.8 Å². The van der Waals surface area contributed by atoms with Gasteiger partial charge in [-0.3, -0.25) is 0 Å². The molecule has 1 aromatic rings. The van der Waals surface area contributed by atoms with E-state index in [1.807, 2.05) is 31.2 Å². The first-order valence-corrected chi connectivity index (χ1v) is 15.1. The van der Waals surface area contributed by atoms with Crippen LogP contribution in [0.15, 0.2) is 35.9 Å². The zero-order valence-corrected chi connectivity index (χ0v) is 23.3. The average Bonchev–Trinajstić information content (AvgIpc) is 2.76. The first kappa shape index (κ1) is 28.1. The van der Waals surface area contributed by atoms with E-state index in [2.05, 4.69) is 60.7 Å². The Kier molecular flexibility index (Phi) is 9.77. The van der Waals surface area contributed by atoms with E-state index in [0.29, 0.717) is 13.2 Å². The SMILES string of the molecule is COc1ccc([C@@H]2OC[C@H](C)[C@H]([C@H](C)[C@@H](O)/C(C)=C/[C@H](C)CO[Si](C)(C)C(C)(C)C)O2)cc1. The van der Waals surface area contributed by atoms with Crippen LogP contribution < -0.4 is 4.74 Å². The summed E-state index contributed by atoms with van der Waals surface area (Å²) >= 11 is 0. The van der Waals surface area contributed by atoms with Crippen LogP contribution in [0.2, 0.25) is 18.1 Å². The molecule has 6 heteroatoms. The van der Waals surface area contributed by atoms with E-state index in [-0.39, 0.29) is 28.9 Å². The van der Waals surface area contributed by atoms with E-state index in [9.17, 15) is 5.11 Å². The summed E-state index contributed by atoms with van der Waals surface area (Å²) in [6.07, 6.45) is 1.03. The first-order valence-electron chi connectivity index (χ1n) is 12.2. The zero-order valence-electron chi connectivity index (χ0n) is 22.3. The fourth-order valence-corrected chi connectivity index (χ4v) is 5.09. The van der Waals surface area contributed by atoms with Gasteiger partial charge in [0.1, 0.15) is 5.75 Å². The van der Waals surface area contributed by atoms with Crippen LogP contribution in [0, 0.1) is 17.8 Å². The molecule has 0 spiro atoms. The van der Waals surface area contributed by atoms with E-state index >= 15 is 0 Å². The third-order valence-corrected chi connectivity index (χ3v) is 11.8. The summed E-state index contributed by atoms with van der Waals surface area (Å²) in [6.45, 7) is 20.9. The summed E-state index contributed by atoms with van der Waals surface area (Å²) < 4.78 is 23.9. The van der Waals surface area contributed by atoms with Crippen molar-refractivity contribution >= 4 is 8.32 Å². The molecule has 5 nitrogen and oxygen atoms in total. The van der Waals surface area contributed by atoms with Crippen molar-refractivity contribution in [2.75, 3.05) is 20.3 Å². The second-order valence-corrected chi connectivity index (χ2v) is 16.1. The smallest absolute Gasteiger partial charge is 0.192 e. The van der Waals surface area contributed by atoms with Crippen LogP contribution in [-0.4, -0.2) is 46.0 Å². The third kappa shape index (κ3) is 7.40. The summed E-state index contributed by atoms with van der Waals surface area (Å²) in [5.74, 6) is 1.17. The average molecular weight is 479 g/mol. The minimum atomic E-state index is -1.78. The fraction of sp³-hybridized carbons (Fsp3) is 0.704. The standard InChI is InChI=1S/C27H46O5Si/c1-18(16-31-33(9,10)27(5,6)7)15-19(2)24(28)21(4)25-20(3)17-30-26(32-25)22-11-13-23(29-8)14-12-22/h11-15,18,20-21,24-26,28H,16-17H2,1-10H3/b19-15+/t18-,20-,21+,24-,25+,26+/m0/s1. The Morgan fingerprint density at radius 2 is 1.82 bits per heavy atom. The van der Waals surface area contributed by atoms with E-state index in [1.165, 1.54) is 0 Å². The molecule has 0 aromatic heterocycles. The number of benzene rings is 1. The third-order valence-electron chi connectivity index (χ3n) is 7.28. The molecule has 1 aromatic carbocycles. The Labute approximate surface area is 202 Å². The highest BCUT2D eigenvalue weighted by Gasteiger charge is 2.38. The summed E-state index contributed by atoms with van der Waals surface area (Å²) in [6, 6.07) is 7.75. The monoisotopic (exact) mass is 478 g/mol. The van der Waals surface area contributed by atoms with E-state index < -0.39 is 20.7 Å². The fourth-order valence-electron chi connectivity index (χ4n) is 3.97. The van der Waals surface area contributed by atoms with Crippen molar-refractivity contribution in [1.82, 2.24) is 0 Å². The van der Waals surface area contributed by atoms with Gasteiger partial charge in [-0.25, -0.2) is 0 Å². The predicted octanol–water partition coefficient (Wildman–Crippen LogP) is 6.35. The quantitative estimate of drug-likeness (QED) is 0.331. The van der Waals surface area contributed by atoms with Gasteiger partial charge in [0.2, 0.25) is 0 Å². The number of aliphatic hydroxyl groups excluding tert-OH is 1. The lowest BCUT2D eigenvalue weighted by molar-refractivity contribution is -0.254. The molecule has 0 amide bonds. The molecule has 33 heavy (non-hydrogen) atoms.